The molecule has 2 rings (SSSR count). The first-order valence-corrected chi connectivity index (χ1v) is 7.30. The molecule has 0 saturated carbocycles. The predicted octanol–water partition coefficient (Wildman–Crippen LogP) is 2.92. The van der Waals surface area contributed by atoms with E-state index in [0.29, 0.717) is 0 Å². The van der Waals surface area contributed by atoms with Crippen LogP contribution in [0.5, 0.6) is 0 Å². The summed E-state index contributed by atoms with van der Waals surface area (Å²) in [6.07, 6.45) is 0. The van der Waals surface area contributed by atoms with Gasteiger partial charge in [-0.3, -0.25) is 4.72 Å². The molecule has 0 fully saturated rings. The standard InChI is InChI=1S/C13H11F3N2O2S/c1-7-5-9(14)6-8(2)12(7)21(19,20)18-10-3-4-11(15)17-13(10)16/h3-6,18H,1-2H3. The summed E-state index contributed by atoms with van der Waals surface area (Å²) in [6.45, 7) is 2.84. The van der Waals surface area contributed by atoms with Crippen molar-refractivity contribution in [2.75, 3.05) is 4.72 Å². The van der Waals surface area contributed by atoms with Gasteiger partial charge in [0, 0.05) is 0 Å². The molecule has 1 aromatic carbocycles. The number of halogens is 3. The van der Waals surface area contributed by atoms with Gasteiger partial charge < -0.3 is 0 Å². The van der Waals surface area contributed by atoms with E-state index >= 15 is 0 Å². The van der Waals surface area contributed by atoms with Crippen LogP contribution in [0, 0.1) is 31.6 Å². The highest BCUT2D eigenvalue weighted by Crippen LogP contribution is 2.24. The fourth-order valence-corrected chi connectivity index (χ4v) is 3.51. The molecule has 0 amide bonds. The van der Waals surface area contributed by atoms with Gasteiger partial charge in [0.2, 0.25) is 11.9 Å². The molecule has 0 aliphatic heterocycles. The van der Waals surface area contributed by atoms with E-state index in [1.165, 1.54) is 13.8 Å². The lowest BCUT2D eigenvalue weighted by Crippen LogP contribution is -2.17. The number of anilines is 1. The SMILES string of the molecule is Cc1cc(F)cc(C)c1S(=O)(=O)Nc1ccc(F)nc1F. The van der Waals surface area contributed by atoms with Crippen LogP contribution in [0.15, 0.2) is 29.2 Å². The third kappa shape index (κ3) is 3.15. The molecule has 0 saturated heterocycles. The number of benzene rings is 1. The van der Waals surface area contributed by atoms with Crippen LogP contribution < -0.4 is 4.72 Å². The summed E-state index contributed by atoms with van der Waals surface area (Å²) in [5, 5.41) is 0. The Hall–Kier alpha value is -2.09. The molecule has 0 aliphatic rings. The highest BCUT2D eigenvalue weighted by Gasteiger charge is 2.22. The minimum atomic E-state index is -4.15. The fourth-order valence-electron chi connectivity index (χ4n) is 2.01. The van der Waals surface area contributed by atoms with Crippen molar-refractivity contribution >= 4 is 15.7 Å². The van der Waals surface area contributed by atoms with Crippen LogP contribution in [0.25, 0.3) is 0 Å². The molecule has 0 unspecified atom stereocenters. The van der Waals surface area contributed by atoms with Crippen LogP contribution in [0.4, 0.5) is 18.9 Å². The Kier molecular flexibility index (Phi) is 3.91. The first-order valence-electron chi connectivity index (χ1n) is 5.82. The first kappa shape index (κ1) is 15.3. The highest BCUT2D eigenvalue weighted by molar-refractivity contribution is 7.92. The zero-order valence-electron chi connectivity index (χ0n) is 11.1. The van der Waals surface area contributed by atoms with E-state index in [4.69, 9.17) is 0 Å². The summed E-state index contributed by atoms with van der Waals surface area (Å²) in [5.74, 6) is -2.92. The lowest BCUT2D eigenvalue weighted by Gasteiger charge is -2.13. The monoisotopic (exact) mass is 316 g/mol. The summed E-state index contributed by atoms with van der Waals surface area (Å²) in [5.41, 5.74) is -0.134. The number of nitrogens with one attached hydrogen (secondary N) is 1. The van der Waals surface area contributed by atoms with Gasteiger partial charge in [0.25, 0.3) is 10.0 Å². The summed E-state index contributed by atoms with van der Waals surface area (Å²) in [4.78, 5) is 2.73. The van der Waals surface area contributed by atoms with E-state index in [-0.39, 0.29) is 16.0 Å². The normalized spacial score (nSPS) is 11.5. The maximum Gasteiger partial charge on any atom is 0.262 e. The van der Waals surface area contributed by atoms with Crippen LogP contribution in [0.2, 0.25) is 0 Å². The Balaban J connectivity index is 2.48. The predicted molar refractivity (Wildman–Crippen MR) is 70.8 cm³/mol. The van der Waals surface area contributed by atoms with E-state index < -0.39 is 33.4 Å². The second-order valence-electron chi connectivity index (χ2n) is 4.45. The van der Waals surface area contributed by atoms with Crippen molar-refractivity contribution in [1.29, 1.82) is 0 Å². The van der Waals surface area contributed by atoms with Crippen LogP contribution in [-0.4, -0.2) is 13.4 Å². The lowest BCUT2D eigenvalue weighted by molar-refractivity contribution is 0.515. The molecular formula is C13H11F3N2O2S. The van der Waals surface area contributed by atoms with Crippen molar-refractivity contribution in [1.82, 2.24) is 4.98 Å². The molecule has 1 aromatic heterocycles. The molecule has 1 N–H and O–H groups in total. The molecule has 0 bridgehead atoms. The van der Waals surface area contributed by atoms with Gasteiger partial charge in [-0.25, -0.2) is 12.8 Å². The van der Waals surface area contributed by atoms with Crippen molar-refractivity contribution in [3.63, 3.8) is 0 Å². The number of pyridine rings is 1. The molecule has 2 aromatic rings. The third-order valence-corrected chi connectivity index (χ3v) is 4.42. The van der Waals surface area contributed by atoms with Crippen LogP contribution in [-0.2, 0) is 10.0 Å². The number of aromatic nitrogens is 1. The summed E-state index contributed by atoms with van der Waals surface area (Å²) < 4.78 is 65.9. The molecule has 0 atom stereocenters. The second kappa shape index (κ2) is 5.36. The van der Waals surface area contributed by atoms with Crippen molar-refractivity contribution in [2.24, 2.45) is 0 Å². The van der Waals surface area contributed by atoms with Gasteiger partial charge in [0.05, 0.1) is 4.90 Å². The zero-order valence-corrected chi connectivity index (χ0v) is 11.9. The number of nitrogens with zero attached hydrogens (tertiary/aromatic N) is 1. The van der Waals surface area contributed by atoms with Crippen LogP contribution in [0.1, 0.15) is 11.1 Å². The van der Waals surface area contributed by atoms with Crippen molar-refractivity contribution < 1.29 is 21.6 Å². The smallest absolute Gasteiger partial charge is 0.262 e. The van der Waals surface area contributed by atoms with Crippen molar-refractivity contribution in [3.05, 3.63) is 53.1 Å². The summed E-state index contributed by atoms with van der Waals surface area (Å²) >= 11 is 0. The largest absolute Gasteiger partial charge is 0.275 e. The number of hydrogen-bond acceptors (Lipinski definition) is 3. The molecule has 21 heavy (non-hydrogen) atoms. The van der Waals surface area contributed by atoms with E-state index in [1.807, 2.05) is 4.72 Å². The highest BCUT2D eigenvalue weighted by atomic mass is 32.2. The molecule has 0 spiro atoms. The first-order chi connectivity index (χ1) is 9.70. The number of aryl methyl sites for hydroxylation is 2. The van der Waals surface area contributed by atoms with E-state index in [2.05, 4.69) is 4.98 Å². The Bertz CT molecular complexity index is 784. The zero-order chi connectivity index (χ0) is 15.8. The lowest BCUT2D eigenvalue weighted by atomic mass is 10.1. The van der Waals surface area contributed by atoms with Gasteiger partial charge >= 0.3 is 0 Å². The van der Waals surface area contributed by atoms with Crippen molar-refractivity contribution in [2.45, 2.75) is 18.7 Å². The summed E-state index contributed by atoms with van der Waals surface area (Å²) in [7, 11) is -4.15. The van der Waals surface area contributed by atoms with Gasteiger partial charge in [-0.1, -0.05) is 0 Å². The Morgan fingerprint density at radius 1 is 1.05 bits per heavy atom. The fraction of sp³-hybridized carbons (Fsp3) is 0.154. The summed E-state index contributed by atoms with van der Waals surface area (Å²) in [6, 6.07) is 3.86. The quantitative estimate of drug-likeness (QED) is 0.886. The third-order valence-electron chi connectivity index (χ3n) is 2.75. The molecular weight excluding hydrogens is 305 g/mol. The molecule has 0 radical (unpaired) electrons. The Morgan fingerprint density at radius 3 is 2.14 bits per heavy atom. The van der Waals surface area contributed by atoms with Gasteiger partial charge in [0.15, 0.2) is 0 Å². The van der Waals surface area contributed by atoms with Crippen LogP contribution >= 0.6 is 0 Å². The Morgan fingerprint density at radius 2 is 1.62 bits per heavy atom. The van der Waals surface area contributed by atoms with Gasteiger partial charge in [-0.2, -0.15) is 13.8 Å². The van der Waals surface area contributed by atoms with Crippen molar-refractivity contribution in [3.8, 4) is 0 Å². The van der Waals surface area contributed by atoms with Gasteiger partial charge in [-0.15, -0.1) is 0 Å². The maximum absolute atomic E-state index is 13.4. The number of hydrogen-bond donors (Lipinski definition) is 1. The molecule has 1 heterocycles. The molecule has 8 heteroatoms. The van der Waals surface area contributed by atoms with E-state index in [0.717, 1.165) is 24.3 Å². The van der Waals surface area contributed by atoms with Gasteiger partial charge in [0.1, 0.15) is 11.5 Å². The topological polar surface area (TPSA) is 59.1 Å². The second-order valence-corrected chi connectivity index (χ2v) is 6.07. The number of rotatable bonds is 3. The average Bonchev–Trinajstić information content (AvgIpc) is 2.30. The minimum Gasteiger partial charge on any atom is -0.275 e. The van der Waals surface area contributed by atoms with E-state index in [9.17, 15) is 21.6 Å². The minimum absolute atomic E-state index is 0.160. The Labute approximate surface area is 119 Å². The molecule has 112 valence electrons. The maximum atomic E-state index is 13.4. The average molecular weight is 316 g/mol. The number of sulfonamides is 1. The van der Waals surface area contributed by atoms with Crippen LogP contribution in [0.3, 0.4) is 0 Å². The molecule has 0 aliphatic carbocycles. The van der Waals surface area contributed by atoms with E-state index in [1.54, 1.807) is 0 Å². The molecule has 4 nitrogen and oxygen atoms in total. The van der Waals surface area contributed by atoms with Gasteiger partial charge in [-0.05, 0) is 49.2 Å².